The molecule has 0 atom stereocenters. The normalized spacial score (nSPS) is 14.0. The molecule has 0 aliphatic carbocycles. The van der Waals surface area contributed by atoms with Crippen molar-refractivity contribution in [2.75, 3.05) is 18.6 Å². The first-order valence-electron chi connectivity index (χ1n) is 7.72. The Balaban J connectivity index is 1.82. The van der Waals surface area contributed by atoms with Crippen LogP contribution in [0.25, 0.3) is 0 Å². The summed E-state index contributed by atoms with van der Waals surface area (Å²) in [5, 5.41) is 8.09. The molecule has 3 heterocycles. The van der Waals surface area contributed by atoms with Gasteiger partial charge >= 0.3 is 5.97 Å². The number of esters is 1. The first kappa shape index (κ1) is 15.5. The summed E-state index contributed by atoms with van der Waals surface area (Å²) in [4.78, 5) is 18.3. The number of imidazole rings is 1. The third-order valence-electron chi connectivity index (χ3n) is 4.18. The topological polar surface area (TPSA) is 73.1 Å². The van der Waals surface area contributed by atoms with Crippen LogP contribution in [0.1, 0.15) is 47.5 Å². The van der Waals surface area contributed by atoms with Crippen molar-refractivity contribution in [1.82, 2.24) is 19.7 Å². The summed E-state index contributed by atoms with van der Waals surface area (Å²) < 4.78 is 6.85. The van der Waals surface area contributed by atoms with Gasteiger partial charge in [-0.1, -0.05) is 13.8 Å². The fourth-order valence-corrected chi connectivity index (χ4v) is 2.97. The van der Waals surface area contributed by atoms with Crippen LogP contribution in [-0.4, -0.2) is 39.4 Å². The average molecular weight is 315 g/mol. The lowest BCUT2D eigenvalue weighted by Crippen LogP contribution is -2.32. The zero-order valence-corrected chi connectivity index (χ0v) is 13.9. The van der Waals surface area contributed by atoms with Crippen molar-refractivity contribution in [3.05, 3.63) is 35.0 Å². The second-order valence-electron chi connectivity index (χ2n) is 6.02. The number of hydrogen-bond donors (Lipinski definition) is 0. The van der Waals surface area contributed by atoms with Crippen LogP contribution in [0.15, 0.2) is 12.1 Å². The summed E-state index contributed by atoms with van der Waals surface area (Å²) in [5.41, 5.74) is 2.61. The van der Waals surface area contributed by atoms with Crippen molar-refractivity contribution in [2.45, 2.75) is 32.7 Å². The summed E-state index contributed by atoms with van der Waals surface area (Å²) in [5.74, 6) is 1.79. The minimum atomic E-state index is -0.476. The van der Waals surface area contributed by atoms with Gasteiger partial charge < -0.3 is 14.2 Å². The van der Waals surface area contributed by atoms with Crippen LogP contribution >= 0.6 is 0 Å². The Hall–Kier alpha value is -2.44. The van der Waals surface area contributed by atoms with Gasteiger partial charge in [0.25, 0.3) is 0 Å². The maximum atomic E-state index is 11.4. The van der Waals surface area contributed by atoms with Gasteiger partial charge in [0.2, 0.25) is 0 Å². The lowest BCUT2D eigenvalue weighted by molar-refractivity contribution is 0.0592. The zero-order chi connectivity index (χ0) is 16.6. The van der Waals surface area contributed by atoms with E-state index in [4.69, 9.17) is 4.98 Å². The van der Waals surface area contributed by atoms with E-state index in [1.54, 1.807) is 12.1 Å². The molecule has 2 aromatic heterocycles. The maximum Gasteiger partial charge on any atom is 0.358 e. The van der Waals surface area contributed by atoms with Crippen LogP contribution in [0, 0.1) is 0 Å². The lowest BCUT2D eigenvalue weighted by atomic mass is 10.1. The van der Waals surface area contributed by atoms with Gasteiger partial charge in [-0.2, -0.15) is 0 Å². The summed E-state index contributed by atoms with van der Waals surface area (Å²) in [6.45, 7) is 5.88. The van der Waals surface area contributed by atoms with Gasteiger partial charge in [0.05, 0.1) is 19.3 Å². The third kappa shape index (κ3) is 2.78. The Morgan fingerprint density at radius 1 is 1.30 bits per heavy atom. The van der Waals surface area contributed by atoms with Gasteiger partial charge in [-0.3, -0.25) is 0 Å². The Labute approximate surface area is 135 Å². The number of fused-ring (bicyclic) bond motifs is 1. The third-order valence-corrected chi connectivity index (χ3v) is 4.18. The van der Waals surface area contributed by atoms with Gasteiger partial charge in [0, 0.05) is 31.6 Å². The van der Waals surface area contributed by atoms with Crippen LogP contribution in [0.5, 0.6) is 0 Å². The molecule has 0 N–H and O–H groups in total. The van der Waals surface area contributed by atoms with Crippen molar-refractivity contribution in [1.29, 1.82) is 0 Å². The molecule has 3 rings (SSSR count). The standard InChI is InChI=1S/C16H21N5O2/c1-10(2)15-17-12-9-21(8-7-13(12)20(15)3)14-6-5-11(18-19-14)16(22)23-4/h5-6,10H,7-9H2,1-4H3. The van der Waals surface area contributed by atoms with Crippen LogP contribution in [0.2, 0.25) is 0 Å². The highest BCUT2D eigenvalue weighted by molar-refractivity contribution is 5.86. The molecule has 122 valence electrons. The molecule has 0 aromatic carbocycles. The zero-order valence-electron chi connectivity index (χ0n) is 13.9. The highest BCUT2D eigenvalue weighted by Crippen LogP contribution is 2.25. The van der Waals surface area contributed by atoms with Crippen LogP contribution in [0.3, 0.4) is 0 Å². The molecule has 0 fully saturated rings. The molecule has 0 radical (unpaired) electrons. The number of nitrogens with zero attached hydrogens (tertiary/aromatic N) is 5. The van der Waals surface area contributed by atoms with E-state index < -0.39 is 5.97 Å². The summed E-state index contributed by atoms with van der Waals surface area (Å²) in [6, 6.07) is 3.44. The summed E-state index contributed by atoms with van der Waals surface area (Å²) in [7, 11) is 3.42. The van der Waals surface area contributed by atoms with E-state index in [2.05, 4.69) is 45.3 Å². The molecular weight excluding hydrogens is 294 g/mol. The van der Waals surface area contributed by atoms with Gasteiger partial charge in [-0.05, 0) is 12.1 Å². The van der Waals surface area contributed by atoms with Gasteiger partial charge in [-0.25, -0.2) is 9.78 Å². The predicted molar refractivity (Wildman–Crippen MR) is 85.4 cm³/mol. The van der Waals surface area contributed by atoms with Crippen LogP contribution in [0.4, 0.5) is 5.82 Å². The smallest absolute Gasteiger partial charge is 0.358 e. The highest BCUT2D eigenvalue weighted by Gasteiger charge is 2.24. The van der Waals surface area contributed by atoms with Crippen molar-refractivity contribution in [3.8, 4) is 0 Å². The fourth-order valence-electron chi connectivity index (χ4n) is 2.97. The SMILES string of the molecule is COC(=O)c1ccc(N2CCc3c(nc(C(C)C)n3C)C2)nn1. The molecule has 0 spiro atoms. The number of aromatic nitrogens is 4. The minimum Gasteiger partial charge on any atom is -0.464 e. The molecule has 1 aliphatic rings. The molecule has 0 unspecified atom stereocenters. The number of ether oxygens (including phenoxy) is 1. The van der Waals surface area contributed by atoms with Crippen molar-refractivity contribution < 1.29 is 9.53 Å². The highest BCUT2D eigenvalue weighted by atomic mass is 16.5. The second-order valence-corrected chi connectivity index (χ2v) is 6.02. The van der Waals surface area contributed by atoms with Gasteiger partial charge in [0.1, 0.15) is 5.82 Å². The van der Waals surface area contributed by atoms with Gasteiger partial charge in [0.15, 0.2) is 11.5 Å². The molecule has 7 nitrogen and oxygen atoms in total. The summed E-state index contributed by atoms with van der Waals surface area (Å²) in [6.07, 6.45) is 0.923. The van der Waals surface area contributed by atoms with Crippen LogP contribution in [-0.2, 0) is 24.8 Å². The Kier molecular flexibility index (Phi) is 4.02. The molecule has 0 amide bonds. The number of anilines is 1. The molecule has 23 heavy (non-hydrogen) atoms. The lowest BCUT2D eigenvalue weighted by Gasteiger charge is -2.27. The number of rotatable bonds is 3. The van der Waals surface area contributed by atoms with E-state index >= 15 is 0 Å². The predicted octanol–water partition coefficient (Wildman–Crippen LogP) is 1.68. The molecular formula is C16H21N5O2. The minimum absolute atomic E-state index is 0.217. The first-order valence-corrected chi connectivity index (χ1v) is 7.72. The fraction of sp³-hybridized carbons (Fsp3) is 0.500. The van der Waals surface area contributed by atoms with E-state index in [-0.39, 0.29) is 5.69 Å². The van der Waals surface area contributed by atoms with Crippen molar-refractivity contribution >= 4 is 11.8 Å². The number of hydrogen-bond acceptors (Lipinski definition) is 6. The maximum absolute atomic E-state index is 11.4. The Bertz CT molecular complexity index is 721. The van der Waals surface area contributed by atoms with E-state index in [1.165, 1.54) is 12.8 Å². The molecule has 7 heteroatoms. The number of carbonyl (C=O) groups is 1. The molecule has 1 aliphatic heterocycles. The average Bonchev–Trinajstić information content (AvgIpc) is 2.91. The Morgan fingerprint density at radius 2 is 2.09 bits per heavy atom. The second kappa shape index (κ2) is 5.98. The molecule has 0 bridgehead atoms. The number of carbonyl (C=O) groups excluding carboxylic acids is 1. The quantitative estimate of drug-likeness (QED) is 0.803. The van der Waals surface area contributed by atoms with E-state index in [1.807, 2.05) is 0 Å². The van der Waals surface area contributed by atoms with Crippen molar-refractivity contribution in [2.24, 2.45) is 7.05 Å². The molecule has 0 saturated heterocycles. The number of methoxy groups -OCH3 is 1. The van der Waals surface area contributed by atoms with E-state index in [0.29, 0.717) is 12.5 Å². The summed E-state index contributed by atoms with van der Waals surface area (Å²) >= 11 is 0. The van der Waals surface area contributed by atoms with E-state index in [0.717, 1.165) is 30.3 Å². The van der Waals surface area contributed by atoms with Crippen LogP contribution < -0.4 is 4.90 Å². The monoisotopic (exact) mass is 315 g/mol. The van der Waals surface area contributed by atoms with Crippen molar-refractivity contribution in [3.63, 3.8) is 0 Å². The molecule has 2 aromatic rings. The molecule has 0 saturated carbocycles. The Morgan fingerprint density at radius 3 is 2.70 bits per heavy atom. The first-order chi connectivity index (χ1) is 11.0. The largest absolute Gasteiger partial charge is 0.464 e. The van der Waals surface area contributed by atoms with Gasteiger partial charge in [-0.15, -0.1) is 10.2 Å². The van der Waals surface area contributed by atoms with E-state index in [9.17, 15) is 4.79 Å².